The fraction of sp³-hybridized carbons (Fsp3) is 0.250. The molecule has 1 fully saturated rings. The third-order valence-electron chi connectivity index (χ3n) is 1.13. The predicted molar refractivity (Wildman–Crippen MR) is 24.4 cm³/mol. The van der Waals surface area contributed by atoms with E-state index in [0.29, 0.717) is 0 Å². The number of quaternary nitrogens is 1. The number of hydrogen-bond donors (Lipinski definition) is 2. The van der Waals surface area contributed by atoms with Crippen LogP contribution in [-0.4, -0.2) is 23.3 Å². The number of rotatable bonds is 0. The molecule has 1 atom stereocenters. The van der Waals surface area contributed by atoms with E-state index in [1.807, 2.05) is 0 Å². The van der Waals surface area contributed by atoms with Crippen LogP contribution >= 0.6 is 0 Å². The molecule has 0 saturated heterocycles. The molecule has 0 heterocycles. The summed E-state index contributed by atoms with van der Waals surface area (Å²) in [4.78, 5) is 20.4. The molecule has 4 nitrogen and oxygen atoms in total. The van der Waals surface area contributed by atoms with Crippen molar-refractivity contribution in [3.8, 4) is 0 Å². The maximum absolute atomic E-state index is 10.2. The minimum atomic E-state index is -0.678. The number of carbonyl (C=O) groups is 2. The highest BCUT2D eigenvalue weighted by Crippen LogP contribution is 1.99. The van der Waals surface area contributed by atoms with Gasteiger partial charge in [0, 0.05) is 0 Å². The van der Waals surface area contributed by atoms with Crippen molar-refractivity contribution in [2.24, 2.45) is 0 Å². The minimum Gasteiger partial charge on any atom is -0.343 e. The van der Waals surface area contributed by atoms with Crippen molar-refractivity contribution in [1.82, 2.24) is 0 Å². The molecule has 1 aliphatic carbocycles. The van der Waals surface area contributed by atoms with Crippen LogP contribution in [0, 0.1) is 5.41 Å². The molecule has 0 spiro atoms. The predicted octanol–water partition coefficient (Wildman–Crippen LogP) is -2.23. The number of Topliss-reactive ketones (excluding diaryl/α,β-unsaturated/α-hetero) is 2. The molecule has 4 N–H and O–H groups in total. The van der Waals surface area contributed by atoms with E-state index < -0.39 is 17.6 Å². The van der Waals surface area contributed by atoms with E-state index in [-0.39, 0.29) is 5.71 Å². The summed E-state index contributed by atoms with van der Waals surface area (Å²) in [7, 11) is 0. The number of carbonyl (C=O) groups excluding carboxylic acids is 2. The Kier molecular flexibility index (Phi) is 0.783. The Morgan fingerprint density at radius 3 is 2.12 bits per heavy atom. The first kappa shape index (κ1) is 5.11. The van der Waals surface area contributed by atoms with E-state index in [9.17, 15) is 9.59 Å². The van der Waals surface area contributed by atoms with Gasteiger partial charge < -0.3 is 5.73 Å². The molecule has 0 unspecified atom stereocenters. The quantitative estimate of drug-likeness (QED) is 0.348. The van der Waals surface area contributed by atoms with E-state index in [1.165, 1.54) is 0 Å². The van der Waals surface area contributed by atoms with Crippen molar-refractivity contribution in [3.63, 3.8) is 0 Å². The van der Waals surface area contributed by atoms with Gasteiger partial charge in [0.05, 0.1) is 0 Å². The van der Waals surface area contributed by atoms with E-state index in [4.69, 9.17) is 5.41 Å². The molecule has 1 saturated carbocycles. The molecule has 8 heavy (non-hydrogen) atoms. The molecule has 42 valence electrons. The second kappa shape index (κ2) is 1.23. The van der Waals surface area contributed by atoms with Gasteiger partial charge in [-0.1, -0.05) is 0 Å². The van der Waals surface area contributed by atoms with Crippen molar-refractivity contribution < 1.29 is 15.3 Å². The normalized spacial score (nSPS) is 28.1. The van der Waals surface area contributed by atoms with Crippen LogP contribution in [0.15, 0.2) is 0 Å². The largest absolute Gasteiger partial charge is 0.343 e. The summed E-state index contributed by atoms with van der Waals surface area (Å²) in [5.41, 5.74) is 3.10. The molecule has 0 aromatic rings. The molecular weight excluding hydrogens is 108 g/mol. The van der Waals surface area contributed by atoms with Crippen LogP contribution in [0.1, 0.15) is 0 Å². The molecule has 0 amide bonds. The highest BCUT2D eigenvalue weighted by atomic mass is 16.2. The van der Waals surface area contributed by atoms with Gasteiger partial charge in [-0.2, -0.15) is 0 Å². The Bertz CT molecular complexity index is 166. The molecule has 1 rings (SSSR count). The Morgan fingerprint density at radius 2 is 2.00 bits per heavy atom. The fourth-order valence-corrected chi connectivity index (χ4v) is 0.503. The standard InChI is InChI=1S/C4H4N2O2/c5-1-2(6)4(8)3(1)7/h1,6H,5H2/p+1/t1-/m0/s1. The van der Waals surface area contributed by atoms with E-state index in [0.717, 1.165) is 0 Å². The third kappa shape index (κ3) is 0.350. The van der Waals surface area contributed by atoms with Gasteiger partial charge in [0.2, 0.25) is 0 Å². The van der Waals surface area contributed by atoms with E-state index in [1.54, 1.807) is 0 Å². The zero-order chi connectivity index (χ0) is 6.31. The van der Waals surface area contributed by atoms with Gasteiger partial charge in [-0.3, -0.25) is 15.0 Å². The van der Waals surface area contributed by atoms with E-state index in [2.05, 4.69) is 5.73 Å². The molecule has 0 aromatic heterocycles. The summed E-state index contributed by atoms with van der Waals surface area (Å²) in [5, 5.41) is 6.74. The summed E-state index contributed by atoms with van der Waals surface area (Å²) >= 11 is 0. The molecule has 0 bridgehead atoms. The minimum absolute atomic E-state index is 0.157. The SMILES string of the molecule is N=C1C(=O)C(=O)[C@H]1[NH3+]. The van der Waals surface area contributed by atoms with Crippen LogP contribution in [0.5, 0.6) is 0 Å². The van der Waals surface area contributed by atoms with Crippen molar-refractivity contribution in [1.29, 1.82) is 5.41 Å². The van der Waals surface area contributed by atoms with Crippen LogP contribution in [0.3, 0.4) is 0 Å². The fourth-order valence-electron chi connectivity index (χ4n) is 0.503. The highest BCUT2D eigenvalue weighted by molar-refractivity contribution is 6.78. The summed E-state index contributed by atoms with van der Waals surface area (Å²) < 4.78 is 0. The number of hydrogen-bond acceptors (Lipinski definition) is 3. The van der Waals surface area contributed by atoms with Crippen LogP contribution < -0.4 is 5.73 Å². The highest BCUT2D eigenvalue weighted by Gasteiger charge is 2.45. The molecule has 1 aliphatic rings. The van der Waals surface area contributed by atoms with Crippen LogP contribution in [0.2, 0.25) is 0 Å². The molecular formula is C4H5N2O2+. The van der Waals surface area contributed by atoms with Gasteiger partial charge in [0.1, 0.15) is 5.71 Å². The van der Waals surface area contributed by atoms with Crippen LogP contribution in [-0.2, 0) is 9.59 Å². The summed E-state index contributed by atoms with van der Waals surface area (Å²) in [6, 6.07) is -0.678. The first-order chi connectivity index (χ1) is 3.64. The maximum Gasteiger partial charge on any atom is 0.268 e. The molecule has 4 heteroatoms. The van der Waals surface area contributed by atoms with Crippen molar-refractivity contribution in [2.75, 3.05) is 0 Å². The van der Waals surface area contributed by atoms with Crippen molar-refractivity contribution in [3.05, 3.63) is 0 Å². The van der Waals surface area contributed by atoms with Crippen LogP contribution in [0.4, 0.5) is 0 Å². The molecule has 0 aromatic carbocycles. The van der Waals surface area contributed by atoms with Gasteiger partial charge in [-0.15, -0.1) is 0 Å². The first-order valence-corrected chi connectivity index (χ1v) is 2.14. The Morgan fingerprint density at radius 1 is 1.50 bits per heavy atom. The smallest absolute Gasteiger partial charge is 0.268 e. The zero-order valence-corrected chi connectivity index (χ0v) is 4.10. The second-order valence-corrected chi connectivity index (χ2v) is 1.66. The summed E-state index contributed by atoms with van der Waals surface area (Å²) in [6.07, 6.45) is 0. The first-order valence-electron chi connectivity index (χ1n) is 2.14. The Hall–Kier alpha value is -1.03. The van der Waals surface area contributed by atoms with Gasteiger partial charge in [-0.05, 0) is 0 Å². The topological polar surface area (TPSA) is 85.6 Å². The lowest BCUT2D eigenvalue weighted by Crippen LogP contribution is -2.78. The van der Waals surface area contributed by atoms with Gasteiger partial charge >= 0.3 is 0 Å². The van der Waals surface area contributed by atoms with Crippen LogP contribution in [0.25, 0.3) is 0 Å². The Balaban J connectivity index is 2.84. The maximum atomic E-state index is 10.2. The van der Waals surface area contributed by atoms with Crippen molar-refractivity contribution >= 4 is 17.3 Å². The van der Waals surface area contributed by atoms with Gasteiger partial charge in [0.25, 0.3) is 11.6 Å². The number of nitrogens with one attached hydrogen (secondary N) is 1. The zero-order valence-electron chi connectivity index (χ0n) is 4.10. The molecule has 0 aliphatic heterocycles. The van der Waals surface area contributed by atoms with Crippen molar-refractivity contribution in [2.45, 2.75) is 6.04 Å². The lowest BCUT2D eigenvalue weighted by molar-refractivity contribution is -0.381. The average molecular weight is 113 g/mol. The summed E-state index contributed by atoms with van der Waals surface area (Å²) in [5.74, 6) is -1.21. The monoisotopic (exact) mass is 113 g/mol. The lowest BCUT2D eigenvalue weighted by Gasteiger charge is -2.13. The van der Waals surface area contributed by atoms with Gasteiger partial charge in [-0.25, -0.2) is 0 Å². The van der Waals surface area contributed by atoms with E-state index >= 15 is 0 Å². The third-order valence-corrected chi connectivity index (χ3v) is 1.13. The number of ketones is 2. The lowest BCUT2D eigenvalue weighted by atomic mass is 9.88. The van der Waals surface area contributed by atoms with Gasteiger partial charge in [0.15, 0.2) is 6.04 Å². The molecule has 0 radical (unpaired) electrons. The average Bonchev–Trinajstić information content (AvgIpc) is 1.83. The second-order valence-electron chi connectivity index (χ2n) is 1.66. The summed E-state index contributed by atoms with van der Waals surface area (Å²) in [6.45, 7) is 0. The Labute approximate surface area is 45.2 Å².